The Morgan fingerprint density at radius 3 is 1.76 bits per heavy atom. The number of carbonyl (C=O) groups excluding carboxylic acids is 1. The largest absolute Gasteiger partial charge is 0.482 e. The first-order chi connectivity index (χ1) is 16.3. The maximum atomic E-state index is 11.6. The first-order valence-corrected chi connectivity index (χ1v) is 11.1. The van der Waals surface area contributed by atoms with Crippen LogP contribution in [0.5, 0.6) is 0 Å². The van der Waals surface area contributed by atoms with Gasteiger partial charge < -0.3 is 18.9 Å². The highest BCUT2D eigenvalue weighted by molar-refractivity contribution is 5.70. The summed E-state index contributed by atoms with van der Waals surface area (Å²) < 4.78 is 24.4. The van der Waals surface area contributed by atoms with Crippen LogP contribution in [-0.2, 0) is 43.6 Å². The first-order valence-electron chi connectivity index (χ1n) is 11.1. The molecular weight excluding hydrogens is 416 g/mol. The normalized spacial score (nSPS) is 20.0. The molecule has 1 heterocycles. The van der Waals surface area contributed by atoms with Crippen molar-refractivity contribution in [1.82, 2.24) is 0 Å². The van der Waals surface area contributed by atoms with Crippen LogP contribution in [0.1, 0.15) is 16.7 Å². The summed E-state index contributed by atoms with van der Waals surface area (Å²) in [6.45, 7) is 1.52. The molecule has 3 atom stereocenters. The highest BCUT2D eigenvalue weighted by Gasteiger charge is 2.37. The number of ether oxygens (including phenoxy) is 4. The fourth-order valence-electron chi connectivity index (χ4n) is 3.69. The molecule has 0 N–H and O–H groups in total. The third-order valence-corrected chi connectivity index (χ3v) is 5.39. The van der Waals surface area contributed by atoms with Gasteiger partial charge in [0.15, 0.2) is 18.1 Å². The van der Waals surface area contributed by atoms with Crippen LogP contribution in [0.15, 0.2) is 103 Å². The van der Waals surface area contributed by atoms with E-state index >= 15 is 0 Å². The topological polar surface area (TPSA) is 54.0 Å². The second-order valence-electron chi connectivity index (χ2n) is 7.87. The van der Waals surface area contributed by atoms with E-state index in [0.717, 1.165) is 16.7 Å². The summed E-state index contributed by atoms with van der Waals surface area (Å²) in [7, 11) is 0. The Morgan fingerprint density at radius 1 is 0.697 bits per heavy atom. The monoisotopic (exact) mass is 444 g/mol. The van der Waals surface area contributed by atoms with Gasteiger partial charge in [0.2, 0.25) is 0 Å². The smallest absolute Gasteiger partial charge is 0.184 e. The zero-order valence-electron chi connectivity index (χ0n) is 18.4. The van der Waals surface area contributed by atoms with Gasteiger partial charge in [-0.15, -0.1) is 0 Å². The van der Waals surface area contributed by atoms with Crippen LogP contribution in [0, 0.1) is 0 Å². The molecule has 0 aromatic heterocycles. The van der Waals surface area contributed by atoms with E-state index in [1.807, 2.05) is 91.0 Å². The lowest BCUT2D eigenvalue weighted by molar-refractivity contribution is -0.155. The van der Waals surface area contributed by atoms with E-state index in [4.69, 9.17) is 18.9 Å². The van der Waals surface area contributed by atoms with E-state index in [1.54, 1.807) is 6.08 Å². The molecule has 170 valence electrons. The molecule has 0 aliphatic carbocycles. The quantitative estimate of drug-likeness (QED) is 0.396. The lowest BCUT2D eigenvalue weighted by Gasteiger charge is -2.36. The average molecular weight is 445 g/mol. The van der Waals surface area contributed by atoms with Gasteiger partial charge in [-0.2, -0.15) is 0 Å². The highest BCUT2D eigenvalue weighted by atomic mass is 16.6. The second kappa shape index (κ2) is 12.1. The fraction of sp³-hybridized carbons (Fsp3) is 0.250. The Hall–Kier alpha value is -3.25. The number of hydrogen-bond donors (Lipinski definition) is 0. The van der Waals surface area contributed by atoms with Crippen LogP contribution in [-0.4, -0.2) is 31.2 Å². The maximum absolute atomic E-state index is 11.6. The van der Waals surface area contributed by atoms with E-state index in [2.05, 4.69) is 0 Å². The molecule has 0 fully saturated rings. The third kappa shape index (κ3) is 6.86. The van der Waals surface area contributed by atoms with E-state index < -0.39 is 18.3 Å². The Bertz CT molecular complexity index is 1000. The molecule has 0 saturated heterocycles. The second-order valence-corrected chi connectivity index (χ2v) is 7.87. The molecule has 5 nitrogen and oxygen atoms in total. The van der Waals surface area contributed by atoms with E-state index in [0.29, 0.717) is 26.1 Å². The summed E-state index contributed by atoms with van der Waals surface area (Å²) in [5.74, 6) is 0.237. The van der Waals surface area contributed by atoms with Crippen molar-refractivity contribution in [3.05, 3.63) is 120 Å². The van der Waals surface area contributed by atoms with Gasteiger partial charge in [0.05, 0.1) is 26.4 Å². The molecule has 1 aliphatic heterocycles. The molecule has 33 heavy (non-hydrogen) atoms. The van der Waals surface area contributed by atoms with Crippen molar-refractivity contribution in [3.63, 3.8) is 0 Å². The molecular formula is C28H28O5. The minimum Gasteiger partial charge on any atom is -0.482 e. The minimum absolute atomic E-state index is 0.237. The van der Waals surface area contributed by atoms with Gasteiger partial charge in [-0.1, -0.05) is 91.0 Å². The summed E-state index contributed by atoms with van der Waals surface area (Å²) in [5, 5.41) is 0. The van der Waals surface area contributed by atoms with Crippen LogP contribution in [0.3, 0.4) is 0 Å². The van der Waals surface area contributed by atoms with Gasteiger partial charge in [0.25, 0.3) is 0 Å². The van der Waals surface area contributed by atoms with E-state index in [9.17, 15) is 4.79 Å². The lowest BCUT2D eigenvalue weighted by atomic mass is 10.0. The number of benzene rings is 3. The molecule has 1 aliphatic rings. The molecule has 3 aromatic rings. The first kappa shape index (κ1) is 22.9. The van der Waals surface area contributed by atoms with Gasteiger partial charge in [0.1, 0.15) is 12.2 Å². The minimum atomic E-state index is -0.483. The molecule has 5 heteroatoms. The molecule has 0 bridgehead atoms. The van der Waals surface area contributed by atoms with E-state index in [-0.39, 0.29) is 12.4 Å². The Kier molecular flexibility index (Phi) is 8.42. The highest BCUT2D eigenvalue weighted by Crippen LogP contribution is 2.25. The van der Waals surface area contributed by atoms with Gasteiger partial charge in [-0.3, -0.25) is 4.79 Å². The van der Waals surface area contributed by atoms with Crippen molar-refractivity contribution in [2.45, 2.75) is 38.1 Å². The molecule has 4 rings (SSSR count). The Morgan fingerprint density at radius 2 is 1.21 bits per heavy atom. The van der Waals surface area contributed by atoms with Crippen molar-refractivity contribution in [2.75, 3.05) is 6.61 Å². The van der Waals surface area contributed by atoms with Gasteiger partial charge >= 0.3 is 0 Å². The zero-order valence-corrected chi connectivity index (χ0v) is 18.4. The molecule has 0 radical (unpaired) electrons. The fourth-order valence-corrected chi connectivity index (χ4v) is 3.69. The molecule has 3 aromatic carbocycles. The van der Waals surface area contributed by atoms with Crippen molar-refractivity contribution in [2.24, 2.45) is 0 Å². The van der Waals surface area contributed by atoms with Crippen LogP contribution < -0.4 is 0 Å². The van der Waals surface area contributed by atoms with Crippen molar-refractivity contribution >= 4 is 6.29 Å². The average Bonchev–Trinajstić information content (AvgIpc) is 2.88. The predicted octanol–water partition coefficient (Wildman–Crippen LogP) is 4.86. The van der Waals surface area contributed by atoms with Gasteiger partial charge in [-0.25, -0.2) is 0 Å². The number of hydrogen-bond acceptors (Lipinski definition) is 5. The van der Waals surface area contributed by atoms with Gasteiger partial charge in [0, 0.05) is 0 Å². The Balaban J connectivity index is 1.47. The van der Waals surface area contributed by atoms with Crippen LogP contribution >= 0.6 is 0 Å². The SMILES string of the molecule is O=CC1=C[C@H](OCc2ccccc2)C(OCc2ccccc2)C(COCc2ccccc2)O1. The van der Waals surface area contributed by atoms with Crippen LogP contribution in [0.4, 0.5) is 0 Å². The Labute approximate surface area is 194 Å². The number of carbonyl (C=O) groups is 1. The molecule has 0 saturated carbocycles. The van der Waals surface area contributed by atoms with E-state index in [1.165, 1.54) is 0 Å². The van der Waals surface area contributed by atoms with Crippen LogP contribution in [0.2, 0.25) is 0 Å². The van der Waals surface area contributed by atoms with Crippen LogP contribution in [0.25, 0.3) is 0 Å². The van der Waals surface area contributed by atoms with Crippen molar-refractivity contribution < 1.29 is 23.7 Å². The zero-order chi connectivity index (χ0) is 22.7. The number of rotatable bonds is 11. The standard InChI is InChI=1S/C28H28O5/c29-17-25-16-26(31-19-23-12-6-2-7-13-23)28(32-20-24-14-8-3-9-15-24)27(33-25)21-30-18-22-10-4-1-5-11-22/h1-17,26-28H,18-21H2/t26-,27?,28?/m0/s1. The molecule has 0 amide bonds. The number of allylic oxidation sites excluding steroid dienone is 1. The molecule has 0 spiro atoms. The summed E-state index contributed by atoms with van der Waals surface area (Å²) >= 11 is 0. The lowest BCUT2D eigenvalue weighted by Crippen LogP contribution is -2.47. The number of aldehydes is 1. The van der Waals surface area contributed by atoms with Crippen molar-refractivity contribution in [3.8, 4) is 0 Å². The summed E-state index contributed by atoms with van der Waals surface area (Å²) in [5.41, 5.74) is 3.16. The van der Waals surface area contributed by atoms with Crippen molar-refractivity contribution in [1.29, 1.82) is 0 Å². The third-order valence-electron chi connectivity index (χ3n) is 5.39. The van der Waals surface area contributed by atoms with Gasteiger partial charge in [-0.05, 0) is 22.8 Å². The predicted molar refractivity (Wildman–Crippen MR) is 125 cm³/mol. The maximum Gasteiger partial charge on any atom is 0.184 e. The molecule has 2 unspecified atom stereocenters. The summed E-state index contributed by atoms with van der Waals surface area (Å²) in [6.07, 6.45) is 1.03. The summed E-state index contributed by atoms with van der Waals surface area (Å²) in [4.78, 5) is 11.6. The summed E-state index contributed by atoms with van der Waals surface area (Å²) in [6, 6.07) is 29.8.